The molecule has 0 fully saturated rings. The highest BCUT2D eigenvalue weighted by Gasteiger charge is 2.12. The van der Waals surface area contributed by atoms with Crippen LogP contribution in [0.25, 0.3) is 0 Å². The Bertz CT molecular complexity index is 285. The lowest BCUT2D eigenvalue weighted by Crippen LogP contribution is -2.22. The van der Waals surface area contributed by atoms with Crippen LogP contribution in [0.1, 0.15) is 42.5 Å². The second-order valence-corrected chi connectivity index (χ2v) is 5.26. The number of hydrogen-bond acceptors (Lipinski definition) is 3. The van der Waals surface area contributed by atoms with E-state index in [1.54, 1.807) is 0 Å². The normalized spacial score (nSPS) is 12.9. The van der Waals surface area contributed by atoms with Gasteiger partial charge in [0.2, 0.25) is 0 Å². The van der Waals surface area contributed by atoms with Gasteiger partial charge in [0.15, 0.2) is 0 Å². The smallest absolute Gasteiger partial charge is 0.0484 e. The van der Waals surface area contributed by atoms with Crippen molar-refractivity contribution in [1.29, 1.82) is 0 Å². The summed E-state index contributed by atoms with van der Waals surface area (Å²) in [5.41, 5.74) is 0. The molecule has 1 atom stereocenters. The third-order valence-corrected chi connectivity index (χ3v) is 3.61. The monoisotopic (exact) mass is 241 g/mol. The van der Waals surface area contributed by atoms with Crippen molar-refractivity contribution in [1.82, 2.24) is 5.32 Å². The summed E-state index contributed by atoms with van der Waals surface area (Å²) >= 11 is 1.89. The zero-order chi connectivity index (χ0) is 11.8. The molecular formula is C13H23NOS. The fourth-order valence-corrected chi connectivity index (χ4v) is 2.64. The minimum atomic E-state index is 0.463. The second-order valence-electron chi connectivity index (χ2n) is 3.94. The molecule has 1 rings (SSSR count). The van der Waals surface area contributed by atoms with E-state index in [2.05, 4.69) is 31.3 Å². The predicted molar refractivity (Wildman–Crippen MR) is 71.2 cm³/mol. The Morgan fingerprint density at radius 2 is 2.19 bits per heavy atom. The molecule has 2 nitrogen and oxygen atoms in total. The summed E-state index contributed by atoms with van der Waals surface area (Å²) in [5.74, 6) is 0. The predicted octanol–water partition coefficient (Wildman–Crippen LogP) is 3.52. The highest BCUT2D eigenvalue weighted by Crippen LogP contribution is 2.25. The lowest BCUT2D eigenvalue weighted by atomic mass is 10.1. The van der Waals surface area contributed by atoms with Crippen LogP contribution in [-0.4, -0.2) is 19.8 Å². The van der Waals surface area contributed by atoms with Gasteiger partial charge >= 0.3 is 0 Å². The first-order valence-corrected chi connectivity index (χ1v) is 6.97. The molecule has 3 heteroatoms. The molecule has 0 aliphatic rings. The third kappa shape index (κ3) is 4.64. The summed E-state index contributed by atoms with van der Waals surface area (Å²) < 4.78 is 5.44. The van der Waals surface area contributed by atoms with Crippen LogP contribution >= 0.6 is 11.3 Å². The van der Waals surface area contributed by atoms with Gasteiger partial charge in [-0.25, -0.2) is 0 Å². The number of hydrogen-bond donors (Lipinski definition) is 1. The first-order valence-electron chi connectivity index (χ1n) is 6.15. The van der Waals surface area contributed by atoms with Gasteiger partial charge in [-0.15, -0.1) is 11.3 Å². The number of thiophene rings is 1. The van der Waals surface area contributed by atoms with Gasteiger partial charge in [0.1, 0.15) is 0 Å². The van der Waals surface area contributed by atoms with E-state index in [1.165, 1.54) is 16.2 Å². The lowest BCUT2D eigenvalue weighted by Gasteiger charge is -2.16. The molecule has 1 heterocycles. The van der Waals surface area contributed by atoms with Crippen LogP contribution in [0, 0.1) is 6.92 Å². The fraction of sp³-hybridized carbons (Fsp3) is 0.692. The van der Waals surface area contributed by atoms with Crippen molar-refractivity contribution in [2.24, 2.45) is 0 Å². The van der Waals surface area contributed by atoms with Gasteiger partial charge < -0.3 is 10.1 Å². The van der Waals surface area contributed by atoms with Crippen LogP contribution in [0.2, 0.25) is 0 Å². The van der Waals surface area contributed by atoms with Crippen LogP contribution in [0.5, 0.6) is 0 Å². The maximum Gasteiger partial charge on any atom is 0.0484 e. The number of aryl methyl sites for hydroxylation is 1. The molecule has 1 unspecified atom stereocenters. The minimum Gasteiger partial charge on any atom is -0.382 e. The zero-order valence-corrected chi connectivity index (χ0v) is 11.4. The van der Waals surface area contributed by atoms with E-state index >= 15 is 0 Å². The van der Waals surface area contributed by atoms with E-state index in [1.807, 2.05) is 18.3 Å². The molecule has 0 aliphatic heterocycles. The van der Waals surface area contributed by atoms with E-state index in [9.17, 15) is 0 Å². The van der Waals surface area contributed by atoms with Crippen LogP contribution in [0.3, 0.4) is 0 Å². The van der Waals surface area contributed by atoms with Gasteiger partial charge in [0.25, 0.3) is 0 Å². The van der Waals surface area contributed by atoms with Crippen molar-refractivity contribution < 1.29 is 4.74 Å². The highest BCUT2D eigenvalue weighted by atomic mass is 32.1. The van der Waals surface area contributed by atoms with Crippen LogP contribution in [0.4, 0.5) is 0 Å². The Morgan fingerprint density at radius 3 is 2.75 bits per heavy atom. The Morgan fingerprint density at radius 1 is 1.38 bits per heavy atom. The maximum atomic E-state index is 5.44. The molecule has 0 saturated heterocycles. The average molecular weight is 241 g/mol. The molecule has 0 bridgehead atoms. The Hall–Kier alpha value is -0.380. The number of nitrogens with one attached hydrogen (secondary N) is 1. The Balaban J connectivity index is 2.49. The molecule has 1 N–H and O–H groups in total. The second kappa shape index (κ2) is 7.82. The van der Waals surface area contributed by atoms with E-state index in [0.717, 1.165) is 26.2 Å². The maximum absolute atomic E-state index is 5.44. The molecular weight excluding hydrogens is 218 g/mol. The summed E-state index contributed by atoms with van der Waals surface area (Å²) in [6.45, 7) is 9.14. The van der Waals surface area contributed by atoms with Gasteiger partial charge in [-0.2, -0.15) is 0 Å². The first kappa shape index (κ1) is 13.7. The van der Waals surface area contributed by atoms with Gasteiger partial charge in [0, 0.05) is 29.0 Å². The van der Waals surface area contributed by atoms with E-state index in [0.29, 0.717) is 6.04 Å². The molecule has 0 amide bonds. The SMILES string of the molecule is CCCNC(CCOCC)c1ccc(C)s1. The minimum absolute atomic E-state index is 0.463. The summed E-state index contributed by atoms with van der Waals surface area (Å²) in [4.78, 5) is 2.82. The Kier molecular flexibility index (Phi) is 6.69. The number of ether oxygens (including phenoxy) is 1. The standard InChI is InChI=1S/C13H23NOS/c1-4-9-14-12(8-10-15-5-2)13-7-6-11(3)16-13/h6-7,12,14H,4-5,8-10H2,1-3H3. The topological polar surface area (TPSA) is 21.3 Å². The molecule has 0 aromatic carbocycles. The average Bonchev–Trinajstić information content (AvgIpc) is 2.70. The molecule has 1 aromatic rings. The van der Waals surface area contributed by atoms with Crippen LogP contribution in [-0.2, 0) is 4.74 Å². The summed E-state index contributed by atoms with van der Waals surface area (Å²) in [6, 6.07) is 4.89. The van der Waals surface area contributed by atoms with E-state index < -0.39 is 0 Å². The van der Waals surface area contributed by atoms with Gasteiger partial charge in [-0.3, -0.25) is 0 Å². The quantitative estimate of drug-likeness (QED) is 0.703. The Labute approximate surface area is 103 Å². The van der Waals surface area contributed by atoms with Crippen molar-refractivity contribution in [2.75, 3.05) is 19.8 Å². The number of rotatable bonds is 8. The van der Waals surface area contributed by atoms with Crippen LogP contribution < -0.4 is 5.32 Å². The summed E-state index contributed by atoms with van der Waals surface area (Å²) in [7, 11) is 0. The van der Waals surface area contributed by atoms with Gasteiger partial charge in [0.05, 0.1) is 0 Å². The zero-order valence-electron chi connectivity index (χ0n) is 10.6. The molecule has 0 radical (unpaired) electrons. The lowest BCUT2D eigenvalue weighted by molar-refractivity contribution is 0.136. The third-order valence-electron chi connectivity index (χ3n) is 2.50. The molecule has 1 aromatic heterocycles. The van der Waals surface area contributed by atoms with Crippen molar-refractivity contribution in [2.45, 2.75) is 39.7 Å². The molecule has 0 spiro atoms. The summed E-state index contributed by atoms with van der Waals surface area (Å²) in [5, 5.41) is 3.59. The van der Waals surface area contributed by atoms with Crippen molar-refractivity contribution >= 4 is 11.3 Å². The van der Waals surface area contributed by atoms with E-state index in [-0.39, 0.29) is 0 Å². The van der Waals surface area contributed by atoms with Crippen molar-refractivity contribution in [3.05, 3.63) is 21.9 Å². The molecule has 16 heavy (non-hydrogen) atoms. The fourth-order valence-electron chi connectivity index (χ4n) is 1.65. The first-order chi connectivity index (χ1) is 7.77. The van der Waals surface area contributed by atoms with Crippen molar-refractivity contribution in [3.8, 4) is 0 Å². The molecule has 92 valence electrons. The molecule has 0 saturated carbocycles. The molecule has 0 aliphatic carbocycles. The summed E-state index contributed by atoms with van der Waals surface area (Å²) in [6.07, 6.45) is 2.24. The highest BCUT2D eigenvalue weighted by molar-refractivity contribution is 7.12. The van der Waals surface area contributed by atoms with Gasteiger partial charge in [-0.1, -0.05) is 6.92 Å². The largest absolute Gasteiger partial charge is 0.382 e. The van der Waals surface area contributed by atoms with Crippen molar-refractivity contribution in [3.63, 3.8) is 0 Å². The van der Waals surface area contributed by atoms with Gasteiger partial charge in [-0.05, 0) is 45.4 Å². The van der Waals surface area contributed by atoms with E-state index in [4.69, 9.17) is 4.74 Å². The van der Waals surface area contributed by atoms with Crippen LogP contribution in [0.15, 0.2) is 12.1 Å².